The van der Waals surface area contributed by atoms with Crippen LogP contribution >= 0.6 is 11.3 Å². The molecular formula is C17H18N4O2S. The van der Waals surface area contributed by atoms with E-state index in [1.54, 1.807) is 41.0 Å². The number of hydrogen-bond donors (Lipinski definition) is 1. The number of para-hydroxylation sites is 2. The van der Waals surface area contributed by atoms with Crippen molar-refractivity contribution in [3.8, 4) is 11.4 Å². The Kier molecular flexibility index (Phi) is 4.90. The molecule has 0 fully saturated rings. The number of carbonyl (C=O) groups is 1. The van der Waals surface area contributed by atoms with Gasteiger partial charge in [-0.05, 0) is 19.1 Å². The van der Waals surface area contributed by atoms with Gasteiger partial charge in [0.05, 0.1) is 24.4 Å². The summed E-state index contributed by atoms with van der Waals surface area (Å²) in [7, 11) is 1.61. The maximum Gasteiger partial charge on any atom is 0.254 e. The highest BCUT2D eigenvalue weighted by Gasteiger charge is 2.14. The van der Waals surface area contributed by atoms with Crippen molar-refractivity contribution in [3.05, 3.63) is 58.8 Å². The molecule has 6 nitrogen and oxygen atoms in total. The van der Waals surface area contributed by atoms with Crippen LogP contribution in [0.15, 0.2) is 48.4 Å². The van der Waals surface area contributed by atoms with Crippen molar-refractivity contribution in [1.82, 2.24) is 20.1 Å². The van der Waals surface area contributed by atoms with Gasteiger partial charge >= 0.3 is 0 Å². The average molecular weight is 342 g/mol. The number of thiazole rings is 1. The lowest BCUT2D eigenvalue weighted by Gasteiger charge is -2.11. The fourth-order valence-electron chi connectivity index (χ4n) is 2.39. The van der Waals surface area contributed by atoms with Crippen LogP contribution in [0.25, 0.3) is 5.69 Å². The molecule has 2 heterocycles. The van der Waals surface area contributed by atoms with Gasteiger partial charge in [-0.3, -0.25) is 9.78 Å². The highest BCUT2D eigenvalue weighted by Crippen LogP contribution is 2.21. The molecular weight excluding hydrogens is 324 g/mol. The van der Waals surface area contributed by atoms with Crippen LogP contribution in [0.3, 0.4) is 0 Å². The molecule has 0 radical (unpaired) electrons. The predicted molar refractivity (Wildman–Crippen MR) is 92.9 cm³/mol. The molecule has 3 rings (SSSR count). The lowest BCUT2D eigenvalue weighted by molar-refractivity contribution is 0.0940. The van der Waals surface area contributed by atoms with Crippen molar-refractivity contribution < 1.29 is 9.53 Å². The first-order valence-corrected chi connectivity index (χ1v) is 8.41. The van der Waals surface area contributed by atoms with Crippen LogP contribution in [0, 0.1) is 0 Å². The number of rotatable bonds is 6. The second kappa shape index (κ2) is 7.27. The van der Waals surface area contributed by atoms with Crippen LogP contribution in [0.4, 0.5) is 0 Å². The van der Waals surface area contributed by atoms with Crippen molar-refractivity contribution in [2.45, 2.75) is 19.4 Å². The minimum absolute atomic E-state index is 0.0209. The number of aromatic nitrogens is 3. The Morgan fingerprint density at radius 3 is 2.96 bits per heavy atom. The second-order valence-electron chi connectivity index (χ2n) is 5.39. The van der Waals surface area contributed by atoms with Crippen LogP contribution in [0.5, 0.6) is 5.75 Å². The molecule has 1 N–H and O–H groups in total. The minimum atomic E-state index is -0.145. The van der Waals surface area contributed by atoms with Gasteiger partial charge in [0.2, 0.25) is 0 Å². The fraction of sp³-hybridized carbons (Fsp3) is 0.235. The van der Waals surface area contributed by atoms with E-state index in [4.69, 9.17) is 4.74 Å². The Hall–Kier alpha value is -2.67. The largest absolute Gasteiger partial charge is 0.494 e. The Morgan fingerprint density at radius 1 is 1.38 bits per heavy atom. The first-order chi connectivity index (χ1) is 11.7. The number of methoxy groups -OCH3 is 1. The van der Waals surface area contributed by atoms with Crippen molar-refractivity contribution in [2.24, 2.45) is 0 Å². The van der Waals surface area contributed by atoms with E-state index in [2.05, 4.69) is 15.4 Å². The first-order valence-electron chi connectivity index (χ1n) is 7.53. The summed E-state index contributed by atoms with van der Waals surface area (Å²) in [5.74, 6) is 0.555. The molecule has 0 aliphatic carbocycles. The number of nitrogens with one attached hydrogen (secondary N) is 1. The third-order valence-electron chi connectivity index (χ3n) is 3.55. The third-order valence-corrected chi connectivity index (χ3v) is 4.35. The molecule has 0 saturated carbocycles. The molecule has 1 aromatic carbocycles. The number of ether oxygens (including phenoxy) is 1. The summed E-state index contributed by atoms with van der Waals surface area (Å²) in [6, 6.07) is 7.55. The normalized spacial score (nSPS) is 11.9. The Balaban J connectivity index is 1.69. The summed E-state index contributed by atoms with van der Waals surface area (Å²) >= 11 is 1.59. The molecule has 3 aromatic rings. The smallest absolute Gasteiger partial charge is 0.254 e. The first kappa shape index (κ1) is 16.2. The molecule has 0 aliphatic heterocycles. The number of carbonyl (C=O) groups excluding carboxylic acids is 1. The van der Waals surface area contributed by atoms with E-state index in [9.17, 15) is 4.79 Å². The minimum Gasteiger partial charge on any atom is -0.494 e. The molecule has 0 saturated heterocycles. The van der Waals surface area contributed by atoms with Crippen molar-refractivity contribution in [3.63, 3.8) is 0 Å². The van der Waals surface area contributed by atoms with Gasteiger partial charge in [0.1, 0.15) is 11.4 Å². The van der Waals surface area contributed by atoms with Crippen molar-refractivity contribution in [1.29, 1.82) is 0 Å². The van der Waals surface area contributed by atoms with Gasteiger partial charge in [-0.15, -0.1) is 11.3 Å². The summed E-state index contributed by atoms with van der Waals surface area (Å²) in [6.07, 6.45) is 5.85. The van der Waals surface area contributed by atoms with Gasteiger partial charge in [-0.2, -0.15) is 5.10 Å². The Morgan fingerprint density at radius 2 is 2.21 bits per heavy atom. The SMILES string of the molecule is COc1ccccc1-n1cc(C(=O)NC(C)Cc2cncs2)cn1. The maximum absolute atomic E-state index is 12.4. The molecule has 24 heavy (non-hydrogen) atoms. The summed E-state index contributed by atoms with van der Waals surface area (Å²) in [4.78, 5) is 17.6. The maximum atomic E-state index is 12.4. The number of nitrogens with zero attached hydrogens (tertiary/aromatic N) is 3. The van der Waals surface area contributed by atoms with Crippen molar-refractivity contribution >= 4 is 17.2 Å². The van der Waals surface area contributed by atoms with E-state index < -0.39 is 0 Å². The topological polar surface area (TPSA) is 69.0 Å². The summed E-state index contributed by atoms with van der Waals surface area (Å²) in [5, 5.41) is 7.25. The number of amides is 1. The average Bonchev–Trinajstić information content (AvgIpc) is 3.26. The zero-order valence-electron chi connectivity index (χ0n) is 13.5. The summed E-state index contributed by atoms with van der Waals surface area (Å²) in [6.45, 7) is 1.97. The molecule has 1 amide bonds. The molecule has 0 bridgehead atoms. The van der Waals surface area contributed by atoms with Crippen LogP contribution in [-0.4, -0.2) is 33.8 Å². The van der Waals surface area contributed by atoms with Gasteiger partial charge < -0.3 is 10.1 Å². The van der Waals surface area contributed by atoms with E-state index >= 15 is 0 Å². The summed E-state index contributed by atoms with van der Waals surface area (Å²) in [5.41, 5.74) is 3.09. The molecule has 1 unspecified atom stereocenters. The Labute approximate surface area is 144 Å². The summed E-state index contributed by atoms with van der Waals surface area (Å²) < 4.78 is 6.97. The van der Waals surface area contributed by atoms with E-state index in [-0.39, 0.29) is 11.9 Å². The highest BCUT2D eigenvalue weighted by molar-refractivity contribution is 7.09. The molecule has 0 spiro atoms. The highest BCUT2D eigenvalue weighted by atomic mass is 32.1. The van der Waals surface area contributed by atoms with Gasteiger partial charge in [0, 0.05) is 29.7 Å². The zero-order chi connectivity index (χ0) is 16.9. The van der Waals surface area contributed by atoms with Gasteiger partial charge in [0.15, 0.2) is 0 Å². The zero-order valence-corrected chi connectivity index (χ0v) is 14.3. The lowest BCUT2D eigenvalue weighted by Crippen LogP contribution is -2.33. The van der Waals surface area contributed by atoms with Crippen LogP contribution < -0.4 is 10.1 Å². The standard InChI is InChI=1S/C17H18N4O2S/c1-12(7-14-9-18-11-24-14)20-17(22)13-8-19-21(10-13)15-5-3-4-6-16(15)23-2/h3-6,8-12H,7H2,1-2H3,(H,20,22). The van der Waals surface area contributed by atoms with Crippen molar-refractivity contribution in [2.75, 3.05) is 7.11 Å². The van der Waals surface area contributed by atoms with E-state index in [0.29, 0.717) is 11.3 Å². The molecule has 7 heteroatoms. The van der Waals surface area contributed by atoms with Crippen LogP contribution in [0.2, 0.25) is 0 Å². The van der Waals surface area contributed by atoms with E-state index in [1.807, 2.05) is 37.4 Å². The third kappa shape index (κ3) is 3.62. The lowest BCUT2D eigenvalue weighted by atomic mass is 10.2. The van der Waals surface area contributed by atoms with Gasteiger partial charge in [-0.1, -0.05) is 12.1 Å². The Bertz CT molecular complexity index is 814. The van der Waals surface area contributed by atoms with Crippen LogP contribution in [0.1, 0.15) is 22.2 Å². The quantitative estimate of drug-likeness (QED) is 0.748. The molecule has 2 aromatic heterocycles. The van der Waals surface area contributed by atoms with E-state index in [0.717, 1.165) is 17.0 Å². The fourth-order valence-corrected chi connectivity index (χ4v) is 3.12. The number of benzene rings is 1. The van der Waals surface area contributed by atoms with Gasteiger partial charge in [-0.25, -0.2) is 4.68 Å². The monoisotopic (exact) mass is 342 g/mol. The molecule has 124 valence electrons. The molecule has 1 atom stereocenters. The van der Waals surface area contributed by atoms with E-state index in [1.165, 1.54) is 0 Å². The predicted octanol–water partition coefficient (Wildman–Crippen LogP) is 2.70. The van der Waals surface area contributed by atoms with Gasteiger partial charge in [0.25, 0.3) is 5.91 Å². The molecule has 0 aliphatic rings. The number of hydrogen-bond acceptors (Lipinski definition) is 5. The van der Waals surface area contributed by atoms with Crippen LogP contribution in [-0.2, 0) is 6.42 Å². The second-order valence-corrected chi connectivity index (χ2v) is 6.36.